The van der Waals surface area contributed by atoms with Crippen molar-refractivity contribution in [2.24, 2.45) is 0 Å². The molecule has 0 N–H and O–H groups in total. The average Bonchev–Trinajstić information content (AvgIpc) is 2.43. The van der Waals surface area contributed by atoms with E-state index in [4.69, 9.17) is 0 Å². The number of nitrogens with zero attached hydrogens (tertiary/aromatic N) is 1. The fourth-order valence-electron chi connectivity index (χ4n) is 1.39. The number of para-hydroxylation sites is 1. The Bertz CT molecular complexity index is 446. The molecule has 0 fully saturated rings. The highest BCUT2D eigenvalue weighted by Gasteiger charge is 2.08. The van der Waals surface area contributed by atoms with Crippen molar-refractivity contribution in [3.8, 4) is 5.69 Å². The second-order valence-electron chi connectivity index (χ2n) is 3.11. The van der Waals surface area contributed by atoms with Crippen LogP contribution in [0.2, 0.25) is 0 Å². The lowest BCUT2D eigenvalue weighted by Crippen LogP contribution is -1.93. The van der Waals surface area contributed by atoms with E-state index < -0.39 is 0 Å². The molecule has 0 saturated carbocycles. The maximum atomic E-state index is 3.57. The van der Waals surface area contributed by atoms with Crippen LogP contribution in [0.3, 0.4) is 0 Å². The van der Waals surface area contributed by atoms with E-state index in [0.717, 1.165) is 14.9 Å². The molecule has 0 atom stereocenters. The fraction of sp³-hybridized carbons (Fsp3) is 0.0909. The Morgan fingerprint density at radius 2 is 1.71 bits per heavy atom. The molecule has 0 spiro atoms. The first-order valence-corrected chi connectivity index (χ1v) is 5.87. The number of benzene rings is 1. The lowest BCUT2D eigenvalue weighted by molar-refractivity contribution is 1.01. The van der Waals surface area contributed by atoms with Gasteiger partial charge in [-0.3, -0.25) is 4.57 Å². The zero-order valence-electron chi connectivity index (χ0n) is 7.67. The summed E-state index contributed by atoms with van der Waals surface area (Å²) >= 11 is 7.11. The second kappa shape index (κ2) is 3.91. The molecule has 1 heterocycles. The number of hydrogen-bond donors (Lipinski definition) is 0. The van der Waals surface area contributed by atoms with Gasteiger partial charge in [0.05, 0.1) is 9.21 Å². The van der Waals surface area contributed by atoms with Crippen LogP contribution in [-0.2, 0) is 0 Å². The minimum atomic E-state index is 1.06. The van der Waals surface area contributed by atoms with Crippen LogP contribution in [0.4, 0.5) is 0 Å². The van der Waals surface area contributed by atoms with Crippen molar-refractivity contribution in [1.29, 1.82) is 0 Å². The predicted molar refractivity (Wildman–Crippen MR) is 65.9 cm³/mol. The molecule has 2 aromatic rings. The third-order valence-corrected chi connectivity index (χ3v) is 3.65. The van der Waals surface area contributed by atoms with E-state index in [1.54, 1.807) is 0 Å². The van der Waals surface area contributed by atoms with Crippen molar-refractivity contribution in [3.63, 3.8) is 0 Å². The van der Waals surface area contributed by atoms with Crippen molar-refractivity contribution in [2.45, 2.75) is 6.92 Å². The molecule has 0 aliphatic carbocycles. The Kier molecular flexibility index (Phi) is 2.79. The van der Waals surface area contributed by atoms with Gasteiger partial charge in [0.25, 0.3) is 0 Å². The first kappa shape index (κ1) is 9.99. The maximum Gasteiger partial charge on any atom is 0.0931 e. The third-order valence-electron chi connectivity index (χ3n) is 2.09. The lowest BCUT2D eigenvalue weighted by atomic mass is 10.3. The monoisotopic (exact) mass is 313 g/mol. The molecule has 1 nitrogen and oxygen atoms in total. The van der Waals surface area contributed by atoms with Crippen LogP contribution < -0.4 is 0 Å². The van der Waals surface area contributed by atoms with Gasteiger partial charge in [0.2, 0.25) is 0 Å². The number of aromatic nitrogens is 1. The van der Waals surface area contributed by atoms with Crippen molar-refractivity contribution in [1.82, 2.24) is 4.57 Å². The highest BCUT2D eigenvalue weighted by atomic mass is 79.9. The minimum Gasteiger partial charge on any atom is -0.298 e. The number of hydrogen-bond acceptors (Lipinski definition) is 0. The quantitative estimate of drug-likeness (QED) is 0.739. The van der Waals surface area contributed by atoms with Gasteiger partial charge in [-0.05, 0) is 62.5 Å². The van der Waals surface area contributed by atoms with Crippen molar-refractivity contribution in [2.75, 3.05) is 0 Å². The van der Waals surface area contributed by atoms with Crippen LogP contribution in [0.25, 0.3) is 5.69 Å². The Hall–Kier alpha value is -0.540. The zero-order chi connectivity index (χ0) is 10.1. The summed E-state index contributed by atoms with van der Waals surface area (Å²) in [6.45, 7) is 2.08. The maximum absolute atomic E-state index is 3.57. The van der Waals surface area contributed by atoms with E-state index in [-0.39, 0.29) is 0 Å². The standard InChI is InChI=1S/C11H9Br2N/c1-8-7-10(12)14(11(8)13)9-5-3-2-4-6-9/h2-7H,1H3. The van der Waals surface area contributed by atoms with E-state index in [1.807, 2.05) is 18.2 Å². The normalized spacial score (nSPS) is 10.5. The molecule has 3 heteroatoms. The lowest BCUT2D eigenvalue weighted by Gasteiger charge is -2.06. The van der Waals surface area contributed by atoms with Gasteiger partial charge < -0.3 is 0 Å². The van der Waals surface area contributed by atoms with Gasteiger partial charge in [-0.25, -0.2) is 0 Å². The smallest absolute Gasteiger partial charge is 0.0931 e. The van der Waals surface area contributed by atoms with E-state index in [1.165, 1.54) is 5.56 Å². The third kappa shape index (κ3) is 1.66. The van der Waals surface area contributed by atoms with Gasteiger partial charge in [0.15, 0.2) is 0 Å². The summed E-state index contributed by atoms with van der Waals surface area (Å²) < 4.78 is 4.28. The summed E-state index contributed by atoms with van der Waals surface area (Å²) in [5.74, 6) is 0. The van der Waals surface area contributed by atoms with E-state index in [0.29, 0.717) is 0 Å². The zero-order valence-corrected chi connectivity index (χ0v) is 10.8. The van der Waals surface area contributed by atoms with Crippen molar-refractivity contribution < 1.29 is 0 Å². The first-order valence-electron chi connectivity index (χ1n) is 4.29. The molecule has 2 rings (SSSR count). The molecule has 0 unspecified atom stereocenters. The molecule has 0 bridgehead atoms. The van der Waals surface area contributed by atoms with Crippen LogP contribution in [0.1, 0.15) is 5.56 Å². The second-order valence-corrected chi connectivity index (χ2v) is 4.68. The molecule has 1 aromatic carbocycles. The van der Waals surface area contributed by atoms with E-state index >= 15 is 0 Å². The molecule has 14 heavy (non-hydrogen) atoms. The van der Waals surface area contributed by atoms with Crippen LogP contribution in [0.5, 0.6) is 0 Å². The number of aryl methyl sites for hydroxylation is 1. The van der Waals surface area contributed by atoms with Gasteiger partial charge in [-0.15, -0.1) is 0 Å². The molecule has 72 valence electrons. The van der Waals surface area contributed by atoms with Crippen molar-refractivity contribution >= 4 is 31.9 Å². The number of halogens is 2. The summed E-state index contributed by atoms with van der Waals surface area (Å²) in [6, 6.07) is 12.3. The van der Waals surface area contributed by atoms with E-state index in [2.05, 4.69) is 61.5 Å². The van der Waals surface area contributed by atoms with Crippen LogP contribution in [0, 0.1) is 6.92 Å². The van der Waals surface area contributed by atoms with Gasteiger partial charge in [0, 0.05) is 5.69 Å². The summed E-state index contributed by atoms with van der Waals surface area (Å²) in [5.41, 5.74) is 2.38. The van der Waals surface area contributed by atoms with Crippen molar-refractivity contribution in [3.05, 3.63) is 51.2 Å². The molecular formula is C11H9Br2N. The average molecular weight is 315 g/mol. The number of rotatable bonds is 1. The Morgan fingerprint density at radius 1 is 1.07 bits per heavy atom. The van der Waals surface area contributed by atoms with Crippen LogP contribution in [0.15, 0.2) is 45.6 Å². The Labute approximate surface area is 100 Å². The molecule has 0 saturated heterocycles. The summed E-state index contributed by atoms with van der Waals surface area (Å²) in [5, 5.41) is 0. The van der Waals surface area contributed by atoms with Gasteiger partial charge in [-0.1, -0.05) is 18.2 Å². The highest BCUT2D eigenvalue weighted by Crippen LogP contribution is 2.28. The largest absolute Gasteiger partial charge is 0.298 e. The molecular weight excluding hydrogens is 306 g/mol. The van der Waals surface area contributed by atoms with Crippen LogP contribution >= 0.6 is 31.9 Å². The summed E-state index contributed by atoms with van der Waals surface area (Å²) in [6.07, 6.45) is 0. The van der Waals surface area contributed by atoms with Gasteiger partial charge >= 0.3 is 0 Å². The Morgan fingerprint density at radius 3 is 2.21 bits per heavy atom. The summed E-state index contributed by atoms with van der Waals surface area (Å²) in [7, 11) is 0. The summed E-state index contributed by atoms with van der Waals surface area (Å²) in [4.78, 5) is 0. The minimum absolute atomic E-state index is 1.06. The molecule has 0 radical (unpaired) electrons. The fourth-order valence-corrected chi connectivity index (χ4v) is 2.86. The topological polar surface area (TPSA) is 4.93 Å². The van der Waals surface area contributed by atoms with Gasteiger partial charge in [0.1, 0.15) is 0 Å². The first-order chi connectivity index (χ1) is 6.70. The van der Waals surface area contributed by atoms with E-state index in [9.17, 15) is 0 Å². The molecule has 0 aliphatic heterocycles. The predicted octanol–water partition coefficient (Wildman–Crippen LogP) is 4.31. The van der Waals surface area contributed by atoms with Gasteiger partial charge in [-0.2, -0.15) is 0 Å². The highest BCUT2D eigenvalue weighted by molar-refractivity contribution is 9.11. The molecule has 0 aliphatic rings. The van der Waals surface area contributed by atoms with Crippen LogP contribution in [-0.4, -0.2) is 4.57 Å². The Balaban J connectivity index is 2.62. The SMILES string of the molecule is Cc1cc(Br)n(-c2ccccc2)c1Br. The molecule has 1 aromatic heterocycles. The molecule has 0 amide bonds.